The molecular formula is C19H24FNO4. The largest absolute Gasteiger partial charge is 0.493 e. The zero-order valence-electron chi connectivity index (χ0n) is 14.2. The molecule has 1 aromatic rings. The lowest BCUT2D eigenvalue weighted by Gasteiger charge is -2.19. The number of carbonyl (C=O) groups excluding carboxylic acids is 1. The summed E-state index contributed by atoms with van der Waals surface area (Å²) >= 11 is 0. The van der Waals surface area contributed by atoms with Crippen LogP contribution in [0.4, 0.5) is 4.39 Å². The molecule has 1 heterocycles. The third-order valence-electron chi connectivity index (χ3n) is 5.18. The molecule has 2 aliphatic rings. The Balaban J connectivity index is 1.57. The zero-order valence-corrected chi connectivity index (χ0v) is 14.2. The number of benzene rings is 1. The molecule has 2 fully saturated rings. The molecular weight excluding hydrogens is 325 g/mol. The molecule has 0 radical (unpaired) electrons. The van der Waals surface area contributed by atoms with Crippen molar-refractivity contribution in [2.75, 3.05) is 19.7 Å². The minimum Gasteiger partial charge on any atom is -0.493 e. The number of likely N-dealkylation sites (tertiary alicyclic amines) is 1. The van der Waals surface area contributed by atoms with Crippen molar-refractivity contribution in [3.05, 3.63) is 29.6 Å². The summed E-state index contributed by atoms with van der Waals surface area (Å²) in [6.07, 6.45) is 4.82. The lowest BCUT2D eigenvalue weighted by atomic mass is 9.96. The average molecular weight is 349 g/mol. The third-order valence-corrected chi connectivity index (χ3v) is 5.18. The van der Waals surface area contributed by atoms with Gasteiger partial charge in [0.05, 0.1) is 6.61 Å². The predicted octanol–water partition coefficient (Wildman–Crippen LogP) is 3.19. The highest BCUT2D eigenvalue weighted by Crippen LogP contribution is 2.39. The fourth-order valence-electron chi connectivity index (χ4n) is 3.85. The highest BCUT2D eigenvalue weighted by molar-refractivity contribution is 5.93. The van der Waals surface area contributed by atoms with Gasteiger partial charge in [-0.25, -0.2) is 4.39 Å². The molecule has 5 nitrogen and oxygen atoms in total. The van der Waals surface area contributed by atoms with Gasteiger partial charge in [-0.15, -0.1) is 0 Å². The highest BCUT2D eigenvalue weighted by Gasteiger charge is 2.28. The molecule has 6 heteroatoms. The first-order valence-corrected chi connectivity index (χ1v) is 8.94. The summed E-state index contributed by atoms with van der Waals surface area (Å²) in [5, 5.41) is 8.72. The van der Waals surface area contributed by atoms with Gasteiger partial charge in [0, 0.05) is 24.6 Å². The summed E-state index contributed by atoms with van der Waals surface area (Å²) in [4.78, 5) is 24.0. The van der Waals surface area contributed by atoms with Gasteiger partial charge in [0.2, 0.25) is 5.91 Å². The van der Waals surface area contributed by atoms with Crippen LogP contribution in [0.1, 0.15) is 50.0 Å². The molecule has 1 atom stereocenters. The molecule has 0 aromatic heterocycles. The van der Waals surface area contributed by atoms with Crippen LogP contribution in [0.25, 0.3) is 0 Å². The molecule has 3 rings (SSSR count). The van der Waals surface area contributed by atoms with Crippen LogP contribution in [-0.4, -0.2) is 41.6 Å². The van der Waals surface area contributed by atoms with E-state index in [0.29, 0.717) is 25.6 Å². The maximum atomic E-state index is 13.6. The van der Waals surface area contributed by atoms with Crippen LogP contribution >= 0.6 is 0 Å². The lowest BCUT2D eigenvalue weighted by Crippen LogP contribution is -2.31. The third kappa shape index (κ3) is 4.50. The van der Waals surface area contributed by atoms with Crippen LogP contribution in [-0.2, 0) is 9.59 Å². The molecule has 0 spiro atoms. The van der Waals surface area contributed by atoms with Gasteiger partial charge >= 0.3 is 5.97 Å². The second-order valence-corrected chi connectivity index (χ2v) is 7.04. The number of hydrogen-bond acceptors (Lipinski definition) is 3. The van der Waals surface area contributed by atoms with E-state index in [4.69, 9.17) is 9.84 Å². The number of rotatable bonds is 6. The van der Waals surface area contributed by atoms with Crippen LogP contribution < -0.4 is 4.74 Å². The number of halogens is 1. The van der Waals surface area contributed by atoms with Crippen molar-refractivity contribution in [3.8, 4) is 5.75 Å². The predicted molar refractivity (Wildman–Crippen MR) is 90.0 cm³/mol. The standard InChI is InChI=1S/C19H24FNO4/c20-15-5-6-17(16(9-15)14-3-1-2-4-14)25-12-13-7-8-21(11-13)18(22)10-19(23)24/h5-6,9,13-14H,1-4,7-8,10-12H2,(H,23,24). The molecule has 25 heavy (non-hydrogen) atoms. The van der Waals surface area contributed by atoms with E-state index in [0.717, 1.165) is 30.6 Å². The Kier molecular flexibility index (Phi) is 5.56. The summed E-state index contributed by atoms with van der Waals surface area (Å²) in [5.74, 6) is -0.396. The lowest BCUT2D eigenvalue weighted by molar-refractivity contribution is -0.143. The van der Waals surface area contributed by atoms with Crippen molar-refractivity contribution in [1.82, 2.24) is 4.90 Å². The summed E-state index contributed by atoms with van der Waals surface area (Å²) < 4.78 is 19.6. The molecule has 1 N–H and O–H groups in total. The van der Waals surface area contributed by atoms with Gasteiger partial charge in [0.15, 0.2) is 0 Å². The van der Waals surface area contributed by atoms with Crippen molar-refractivity contribution in [2.45, 2.75) is 44.4 Å². The van der Waals surface area contributed by atoms with E-state index in [-0.39, 0.29) is 17.6 Å². The Morgan fingerprint density at radius 2 is 2.00 bits per heavy atom. The van der Waals surface area contributed by atoms with Crippen molar-refractivity contribution in [1.29, 1.82) is 0 Å². The summed E-state index contributed by atoms with van der Waals surface area (Å²) in [6, 6.07) is 4.71. The smallest absolute Gasteiger partial charge is 0.312 e. The van der Waals surface area contributed by atoms with E-state index in [1.165, 1.54) is 18.9 Å². The van der Waals surface area contributed by atoms with Crippen LogP contribution in [0, 0.1) is 11.7 Å². The van der Waals surface area contributed by atoms with E-state index >= 15 is 0 Å². The minimum absolute atomic E-state index is 0.180. The molecule has 1 aliphatic carbocycles. The second-order valence-electron chi connectivity index (χ2n) is 7.04. The number of aliphatic carboxylic acids is 1. The van der Waals surface area contributed by atoms with Gasteiger partial charge in [-0.3, -0.25) is 9.59 Å². The molecule has 1 aliphatic heterocycles. The highest BCUT2D eigenvalue weighted by atomic mass is 19.1. The van der Waals surface area contributed by atoms with E-state index in [1.807, 2.05) is 0 Å². The first kappa shape index (κ1) is 17.7. The van der Waals surface area contributed by atoms with Crippen molar-refractivity contribution in [3.63, 3.8) is 0 Å². The normalized spacial score (nSPS) is 20.8. The first-order chi connectivity index (χ1) is 12.0. The summed E-state index contributed by atoms with van der Waals surface area (Å²) in [5.41, 5.74) is 0.953. The quantitative estimate of drug-likeness (QED) is 0.801. The monoisotopic (exact) mass is 349 g/mol. The fraction of sp³-hybridized carbons (Fsp3) is 0.579. The van der Waals surface area contributed by atoms with Gasteiger partial charge in [-0.1, -0.05) is 12.8 Å². The molecule has 1 unspecified atom stereocenters. The second kappa shape index (κ2) is 7.85. The number of hydrogen-bond donors (Lipinski definition) is 1. The number of carbonyl (C=O) groups is 2. The Bertz CT molecular complexity index is 642. The van der Waals surface area contributed by atoms with Crippen LogP contribution in [0.5, 0.6) is 5.75 Å². The Morgan fingerprint density at radius 3 is 2.72 bits per heavy atom. The van der Waals surface area contributed by atoms with Gasteiger partial charge in [0.25, 0.3) is 0 Å². The fourth-order valence-corrected chi connectivity index (χ4v) is 3.85. The zero-order chi connectivity index (χ0) is 17.8. The van der Waals surface area contributed by atoms with E-state index in [1.54, 1.807) is 17.0 Å². The molecule has 1 amide bonds. The maximum Gasteiger partial charge on any atom is 0.312 e. The van der Waals surface area contributed by atoms with Gasteiger partial charge in [0.1, 0.15) is 18.0 Å². The van der Waals surface area contributed by atoms with Crippen molar-refractivity contribution < 1.29 is 23.8 Å². The van der Waals surface area contributed by atoms with E-state index < -0.39 is 12.4 Å². The van der Waals surface area contributed by atoms with Crippen LogP contribution in [0.3, 0.4) is 0 Å². The molecule has 0 bridgehead atoms. The maximum absolute atomic E-state index is 13.6. The molecule has 1 saturated carbocycles. The molecule has 1 saturated heterocycles. The van der Waals surface area contributed by atoms with Crippen molar-refractivity contribution in [2.24, 2.45) is 5.92 Å². The van der Waals surface area contributed by atoms with Gasteiger partial charge in [-0.2, -0.15) is 0 Å². The number of nitrogens with zero attached hydrogens (tertiary/aromatic N) is 1. The first-order valence-electron chi connectivity index (χ1n) is 8.94. The van der Waals surface area contributed by atoms with Crippen molar-refractivity contribution >= 4 is 11.9 Å². The van der Waals surface area contributed by atoms with Gasteiger partial charge in [-0.05, 0) is 43.4 Å². The van der Waals surface area contributed by atoms with E-state index in [9.17, 15) is 14.0 Å². The molecule has 1 aromatic carbocycles. The average Bonchev–Trinajstić information content (AvgIpc) is 3.25. The van der Waals surface area contributed by atoms with Crippen LogP contribution in [0.2, 0.25) is 0 Å². The minimum atomic E-state index is -1.10. The topological polar surface area (TPSA) is 66.8 Å². The summed E-state index contributed by atoms with van der Waals surface area (Å²) in [6.45, 7) is 1.55. The Hall–Kier alpha value is -2.11. The number of amides is 1. The summed E-state index contributed by atoms with van der Waals surface area (Å²) in [7, 11) is 0. The number of ether oxygens (including phenoxy) is 1. The Morgan fingerprint density at radius 1 is 1.24 bits per heavy atom. The molecule has 136 valence electrons. The van der Waals surface area contributed by atoms with E-state index in [2.05, 4.69) is 0 Å². The van der Waals surface area contributed by atoms with Crippen LogP contribution in [0.15, 0.2) is 18.2 Å². The number of carboxylic acids is 1. The number of carboxylic acid groups (broad SMARTS) is 1. The Labute approximate surface area is 146 Å². The van der Waals surface area contributed by atoms with Gasteiger partial charge < -0.3 is 14.7 Å². The SMILES string of the molecule is O=C(O)CC(=O)N1CCC(COc2ccc(F)cc2C2CCCC2)C1.